The lowest BCUT2D eigenvalue weighted by molar-refractivity contribution is -0.293. The van der Waals surface area contributed by atoms with Crippen molar-refractivity contribution in [3.8, 4) is 0 Å². The molecule has 0 amide bonds. The molecule has 0 aromatic carbocycles. The van der Waals surface area contributed by atoms with Gasteiger partial charge in [-0.05, 0) is 0 Å². The number of aliphatic carboxylic acids is 1. The summed E-state index contributed by atoms with van der Waals surface area (Å²) in [6.07, 6.45) is -8.24. The van der Waals surface area contributed by atoms with Crippen LogP contribution in [-0.2, 0) is 47.7 Å². The smallest absolute Gasteiger partial charge is 0.337 e. The molecule has 0 saturated carbocycles. The molecular formula is C14H18O11. The minimum absolute atomic E-state index is 0.849. The molecule has 140 valence electrons. The second-order valence-electron chi connectivity index (χ2n) is 5.09. The summed E-state index contributed by atoms with van der Waals surface area (Å²) in [7, 11) is 0. The Hall–Kier alpha value is -2.69. The molecule has 0 spiro atoms. The summed E-state index contributed by atoms with van der Waals surface area (Å²) >= 11 is 0. The molecular weight excluding hydrogens is 344 g/mol. The first-order valence-electron chi connectivity index (χ1n) is 7.10. The van der Waals surface area contributed by atoms with Crippen LogP contribution in [0.5, 0.6) is 0 Å². The topological polar surface area (TPSA) is 152 Å². The van der Waals surface area contributed by atoms with Crippen LogP contribution >= 0.6 is 0 Å². The lowest BCUT2D eigenvalue weighted by Gasteiger charge is -2.42. The van der Waals surface area contributed by atoms with Crippen molar-refractivity contribution >= 4 is 29.8 Å². The first kappa shape index (κ1) is 20.4. The lowest BCUT2D eigenvalue weighted by Crippen LogP contribution is -2.63. The van der Waals surface area contributed by atoms with E-state index in [0.717, 1.165) is 27.7 Å². The van der Waals surface area contributed by atoms with Gasteiger partial charge < -0.3 is 28.8 Å². The van der Waals surface area contributed by atoms with E-state index in [1.807, 2.05) is 0 Å². The van der Waals surface area contributed by atoms with Gasteiger partial charge in [-0.15, -0.1) is 0 Å². The fourth-order valence-corrected chi connectivity index (χ4v) is 2.23. The molecule has 0 unspecified atom stereocenters. The molecule has 0 radical (unpaired) electrons. The Kier molecular flexibility index (Phi) is 6.86. The molecule has 0 bridgehead atoms. The maximum Gasteiger partial charge on any atom is 0.337 e. The number of esters is 4. The van der Waals surface area contributed by atoms with E-state index in [0.29, 0.717) is 0 Å². The third-order valence-corrected chi connectivity index (χ3v) is 2.93. The third-order valence-electron chi connectivity index (χ3n) is 2.93. The number of carbonyl (C=O) groups is 5. The highest BCUT2D eigenvalue weighted by molar-refractivity contribution is 5.75. The molecule has 5 atom stereocenters. The van der Waals surface area contributed by atoms with Crippen LogP contribution in [0.25, 0.3) is 0 Å². The number of carbonyl (C=O) groups excluding carboxylic acids is 4. The molecule has 0 aromatic rings. The van der Waals surface area contributed by atoms with Gasteiger partial charge in [0.05, 0.1) is 0 Å². The Morgan fingerprint density at radius 2 is 1.08 bits per heavy atom. The van der Waals surface area contributed by atoms with E-state index in [-0.39, 0.29) is 0 Å². The molecule has 1 aliphatic rings. The van der Waals surface area contributed by atoms with Crippen molar-refractivity contribution < 1.29 is 52.8 Å². The average Bonchev–Trinajstić information content (AvgIpc) is 2.42. The van der Waals surface area contributed by atoms with E-state index >= 15 is 0 Å². The van der Waals surface area contributed by atoms with E-state index in [4.69, 9.17) is 23.7 Å². The minimum Gasteiger partial charge on any atom is -0.479 e. The highest BCUT2D eigenvalue weighted by Gasteiger charge is 2.55. The summed E-state index contributed by atoms with van der Waals surface area (Å²) < 4.78 is 24.8. The van der Waals surface area contributed by atoms with Gasteiger partial charge in [-0.1, -0.05) is 0 Å². The molecule has 1 N–H and O–H groups in total. The maximum absolute atomic E-state index is 11.4. The van der Waals surface area contributed by atoms with Crippen LogP contribution in [0.3, 0.4) is 0 Å². The largest absolute Gasteiger partial charge is 0.479 e. The number of ether oxygens (including phenoxy) is 5. The highest BCUT2D eigenvalue weighted by atomic mass is 16.7. The van der Waals surface area contributed by atoms with Crippen LogP contribution in [0.4, 0.5) is 0 Å². The SMILES string of the molecule is CC(=O)O[C@H]1O[C@H](C(=O)O)[C@@H](OC(C)=O)[C@H](OC(C)=O)[C@H]1OC(C)=O. The molecule has 11 heteroatoms. The van der Waals surface area contributed by atoms with Crippen molar-refractivity contribution in [1.29, 1.82) is 0 Å². The number of rotatable bonds is 5. The molecule has 0 aromatic heterocycles. The van der Waals surface area contributed by atoms with Crippen LogP contribution in [-0.4, -0.2) is 65.7 Å². The predicted molar refractivity (Wildman–Crippen MR) is 74.7 cm³/mol. The zero-order valence-electron chi connectivity index (χ0n) is 13.9. The highest BCUT2D eigenvalue weighted by Crippen LogP contribution is 2.29. The molecule has 1 aliphatic heterocycles. The Balaban J connectivity index is 3.33. The average molecular weight is 362 g/mol. The first-order valence-corrected chi connectivity index (χ1v) is 7.10. The summed E-state index contributed by atoms with van der Waals surface area (Å²) in [6.45, 7) is 4.06. The molecule has 25 heavy (non-hydrogen) atoms. The lowest BCUT2D eigenvalue weighted by atomic mass is 9.98. The maximum atomic E-state index is 11.4. The fourth-order valence-electron chi connectivity index (χ4n) is 2.23. The van der Waals surface area contributed by atoms with Crippen LogP contribution in [0.1, 0.15) is 27.7 Å². The molecule has 1 rings (SSSR count). The zero-order chi connectivity index (χ0) is 19.3. The molecule has 1 fully saturated rings. The number of hydrogen-bond acceptors (Lipinski definition) is 10. The number of carboxylic acids is 1. The van der Waals surface area contributed by atoms with Crippen molar-refractivity contribution in [2.75, 3.05) is 0 Å². The van der Waals surface area contributed by atoms with Crippen molar-refractivity contribution in [2.24, 2.45) is 0 Å². The summed E-state index contributed by atoms with van der Waals surface area (Å²) in [4.78, 5) is 56.7. The quantitative estimate of drug-likeness (QED) is 0.481. The van der Waals surface area contributed by atoms with Crippen molar-refractivity contribution in [2.45, 2.75) is 58.4 Å². The van der Waals surface area contributed by atoms with E-state index in [9.17, 15) is 29.1 Å². The van der Waals surface area contributed by atoms with Gasteiger partial charge in [0, 0.05) is 27.7 Å². The van der Waals surface area contributed by atoms with Crippen molar-refractivity contribution in [3.63, 3.8) is 0 Å². The molecule has 0 aliphatic carbocycles. The Morgan fingerprint density at radius 1 is 0.680 bits per heavy atom. The van der Waals surface area contributed by atoms with Crippen molar-refractivity contribution in [1.82, 2.24) is 0 Å². The van der Waals surface area contributed by atoms with Crippen LogP contribution in [0, 0.1) is 0 Å². The van der Waals surface area contributed by atoms with Gasteiger partial charge in [0.25, 0.3) is 0 Å². The Labute approximate surface area is 142 Å². The summed E-state index contributed by atoms with van der Waals surface area (Å²) in [5.41, 5.74) is 0. The fraction of sp³-hybridized carbons (Fsp3) is 0.643. The van der Waals surface area contributed by atoms with Gasteiger partial charge in [-0.25, -0.2) is 4.79 Å². The molecule has 1 heterocycles. The summed E-state index contributed by atoms with van der Waals surface area (Å²) in [5.74, 6) is -5.03. The van der Waals surface area contributed by atoms with Gasteiger partial charge in [0.2, 0.25) is 12.4 Å². The minimum atomic E-state index is -1.83. The second-order valence-corrected chi connectivity index (χ2v) is 5.09. The van der Waals surface area contributed by atoms with E-state index in [1.165, 1.54) is 0 Å². The number of carboxylic acid groups (broad SMARTS) is 1. The van der Waals surface area contributed by atoms with Crippen LogP contribution in [0.15, 0.2) is 0 Å². The second kappa shape index (κ2) is 8.42. The number of hydrogen-bond donors (Lipinski definition) is 1. The standard InChI is InChI=1S/C14H18O11/c1-5(15)21-9-10(22-6(2)16)12(23-7(3)17)14(24-8(4)18)25-11(9)13(19)20/h9-12,14H,1-4H3,(H,19,20)/t9-,10-,11-,12+,14-/m0/s1. The first-order chi connectivity index (χ1) is 11.5. The van der Waals surface area contributed by atoms with E-state index < -0.39 is 60.6 Å². The normalized spacial score (nSPS) is 28.4. The molecule has 11 nitrogen and oxygen atoms in total. The Bertz CT molecular complexity index is 569. The van der Waals surface area contributed by atoms with Gasteiger partial charge in [0.1, 0.15) is 0 Å². The Morgan fingerprint density at radius 3 is 1.48 bits per heavy atom. The van der Waals surface area contributed by atoms with E-state index in [1.54, 1.807) is 0 Å². The van der Waals surface area contributed by atoms with Gasteiger partial charge >= 0.3 is 29.8 Å². The zero-order valence-corrected chi connectivity index (χ0v) is 13.9. The van der Waals surface area contributed by atoms with Gasteiger partial charge in [-0.2, -0.15) is 0 Å². The van der Waals surface area contributed by atoms with Gasteiger partial charge in [0.15, 0.2) is 18.3 Å². The monoisotopic (exact) mass is 362 g/mol. The molecule has 1 saturated heterocycles. The summed E-state index contributed by atoms with van der Waals surface area (Å²) in [6, 6.07) is 0. The van der Waals surface area contributed by atoms with Crippen molar-refractivity contribution in [3.05, 3.63) is 0 Å². The van der Waals surface area contributed by atoms with Crippen LogP contribution in [0.2, 0.25) is 0 Å². The third kappa shape index (κ3) is 5.71. The predicted octanol–water partition coefficient (Wildman–Crippen LogP) is -0.846. The van der Waals surface area contributed by atoms with E-state index in [2.05, 4.69) is 0 Å². The van der Waals surface area contributed by atoms with Crippen LogP contribution < -0.4 is 0 Å². The van der Waals surface area contributed by atoms with Gasteiger partial charge in [-0.3, -0.25) is 19.2 Å². The summed E-state index contributed by atoms with van der Waals surface area (Å²) in [5, 5.41) is 9.29.